The Morgan fingerprint density at radius 3 is 2.27 bits per heavy atom. The summed E-state index contributed by atoms with van der Waals surface area (Å²) in [4.78, 5) is 4.58. The smallest absolute Gasteiger partial charge is 0.115 e. The van der Waals surface area contributed by atoms with Gasteiger partial charge in [0.05, 0.1) is 5.60 Å². The van der Waals surface area contributed by atoms with Gasteiger partial charge in [-0.2, -0.15) is 0 Å². The van der Waals surface area contributed by atoms with Gasteiger partial charge in [0.1, 0.15) is 5.75 Å². The molecule has 4 nitrogen and oxygen atoms in total. The number of phenols is 1. The first-order valence-corrected chi connectivity index (χ1v) is 8.33. The third kappa shape index (κ3) is 4.22. The predicted octanol–water partition coefficient (Wildman–Crippen LogP) is 2.27. The zero-order chi connectivity index (χ0) is 16.2. The van der Waals surface area contributed by atoms with E-state index in [2.05, 4.69) is 16.7 Å². The number of hydrogen-bond acceptors (Lipinski definition) is 4. The van der Waals surface area contributed by atoms with Crippen LogP contribution in [-0.4, -0.2) is 65.9 Å². The molecule has 1 aliphatic rings. The van der Waals surface area contributed by atoms with Crippen LogP contribution in [0.3, 0.4) is 0 Å². The number of benzene rings is 1. The first-order chi connectivity index (χ1) is 10.4. The summed E-state index contributed by atoms with van der Waals surface area (Å²) in [5.74, 6) is 0.351. The van der Waals surface area contributed by atoms with Crippen LogP contribution in [0.1, 0.15) is 37.7 Å². The van der Waals surface area contributed by atoms with Crippen LogP contribution < -0.4 is 0 Å². The van der Waals surface area contributed by atoms with E-state index in [1.807, 2.05) is 26.2 Å². The molecule has 4 heteroatoms. The van der Waals surface area contributed by atoms with Gasteiger partial charge in [-0.1, -0.05) is 19.1 Å². The molecule has 2 rings (SSSR count). The number of likely N-dealkylation sites (N-methyl/N-ethyl adjacent to an activating group) is 1. The Morgan fingerprint density at radius 1 is 1.18 bits per heavy atom. The van der Waals surface area contributed by atoms with Crippen molar-refractivity contribution < 1.29 is 10.2 Å². The number of nitrogens with zero attached hydrogens (tertiary/aromatic N) is 2. The highest BCUT2D eigenvalue weighted by molar-refractivity contribution is 5.30. The van der Waals surface area contributed by atoms with Gasteiger partial charge in [-0.25, -0.2) is 0 Å². The van der Waals surface area contributed by atoms with Crippen LogP contribution in [0.15, 0.2) is 24.3 Å². The number of piperidine rings is 1. The fourth-order valence-corrected chi connectivity index (χ4v) is 3.49. The third-order valence-corrected chi connectivity index (χ3v) is 4.75. The molecule has 0 aromatic heterocycles. The Morgan fingerprint density at radius 2 is 1.77 bits per heavy atom. The normalized spacial score (nSPS) is 20.2. The number of likely N-dealkylation sites (tertiary alicyclic amines) is 1. The molecule has 1 atom stereocenters. The highest BCUT2D eigenvalue weighted by Crippen LogP contribution is 2.37. The fraction of sp³-hybridized carbons (Fsp3) is 0.667. The molecule has 1 fully saturated rings. The van der Waals surface area contributed by atoms with Crippen LogP contribution in [0.2, 0.25) is 0 Å². The molecule has 1 unspecified atom stereocenters. The molecule has 0 amide bonds. The van der Waals surface area contributed by atoms with Gasteiger partial charge in [0.15, 0.2) is 0 Å². The van der Waals surface area contributed by atoms with Crippen LogP contribution >= 0.6 is 0 Å². The van der Waals surface area contributed by atoms with Gasteiger partial charge < -0.3 is 20.0 Å². The van der Waals surface area contributed by atoms with E-state index in [4.69, 9.17) is 0 Å². The van der Waals surface area contributed by atoms with Crippen molar-refractivity contribution in [3.63, 3.8) is 0 Å². The van der Waals surface area contributed by atoms with Gasteiger partial charge in [0, 0.05) is 25.6 Å². The van der Waals surface area contributed by atoms with Crippen molar-refractivity contribution in [2.45, 2.75) is 37.7 Å². The number of phenolic OH excluding ortho intramolecular Hbond substituents is 1. The van der Waals surface area contributed by atoms with Gasteiger partial charge in [-0.3, -0.25) is 0 Å². The summed E-state index contributed by atoms with van der Waals surface area (Å²) in [5, 5.41) is 20.8. The average molecular weight is 306 g/mol. The van der Waals surface area contributed by atoms with Crippen molar-refractivity contribution in [1.29, 1.82) is 0 Å². The number of hydrogen-bond donors (Lipinski definition) is 2. The summed E-state index contributed by atoms with van der Waals surface area (Å²) in [5.41, 5.74) is 0.448. The summed E-state index contributed by atoms with van der Waals surface area (Å²) in [6, 6.07) is 7.32. The number of aliphatic hydroxyl groups is 1. The van der Waals surface area contributed by atoms with Crippen molar-refractivity contribution in [2.75, 3.05) is 40.3 Å². The quantitative estimate of drug-likeness (QED) is 0.846. The van der Waals surface area contributed by atoms with Crippen molar-refractivity contribution in [3.05, 3.63) is 29.8 Å². The molecular weight excluding hydrogens is 276 g/mol. The van der Waals surface area contributed by atoms with Crippen molar-refractivity contribution in [3.8, 4) is 5.75 Å². The van der Waals surface area contributed by atoms with Crippen molar-refractivity contribution >= 4 is 0 Å². The maximum absolute atomic E-state index is 11.3. The first kappa shape index (κ1) is 17.3. The van der Waals surface area contributed by atoms with Crippen LogP contribution in [-0.2, 0) is 0 Å². The summed E-state index contributed by atoms with van der Waals surface area (Å²) in [6.07, 6.45) is 2.79. The Labute approximate surface area is 134 Å². The van der Waals surface area contributed by atoms with E-state index in [0.717, 1.165) is 51.0 Å². The lowest BCUT2D eigenvalue weighted by molar-refractivity contribution is -0.0477. The molecular formula is C18H30N2O2. The lowest BCUT2D eigenvalue weighted by atomic mass is 9.75. The van der Waals surface area contributed by atoms with Gasteiger partial charge >= 0.3 is 0 Å². The van der Waals surface area contributed by atoms with E-state index in [0.29, 0.717) is 0 Å². The Bertz CT molecular complexity index is 451. The molecule has 1 aromatic rings. The zero-order valence-electron chi connectivity index (χ0n) is 14.1. The molecule has 0 bridgehead atoms. The molecule has 1 heterocycles. The average Bonchev–Trinajstić information content (AvgIpc) is 2.48. The second-order valence-corrected chi connectivity index (χ2v) is 6.85. The first-order valence-electron chi connectivity index (χ1n) is 8.33. The van der Waals surface area contributed by atoms with Crippen molar-refractivity contribution in [2.24, 2.45) is 0 Å². The molecule has 22 heavy (non-hydrogen) atoms. The molecule has 0 aliphatic carbocycles. The van der Waals surface area contributed by atoms with E-state index in [9.17, 15) is 10.2 Å². The summed E-state index contributed by atoms with van der Waals surface area (Å²) in [7, 11) is 4.09. The van der Waals surface area contributed by atoms with E-state index in [1.54, 1.807) is 12.1 Å². The van der Waals surface area contributed by atoms with Gasteiger partial charge in [-0.05, 0) is 57.6 Å². The summed E-state index contributed by atoms with van der Waals surface area (Å²) >= 11 is 0. The minimum Gasteiger partial charge on any atom is -0.508 e. The highest BCUT2D eigenvalue weighted by atomic mass is 16.3. The second kappa shape index (κ2) is 7.44. The minimum atomic E-state index is -0.661. The van der Waals surface area contributed by atoms with Gasteiger partial charge in [-0.15, -0.1) is 0 Å². The maximum atomic E-state index is 11.3. The van der Waals surface area contributed by atoms with E-state index in [-0.39, 0.29) is 11.7 Å². The molecule has 1 aliphatic heterocycles. The molecule has 2 N–H and O–H groups in total. The van der Waals surface area contributed by atoms with Crippen LogP contribution in [0, 0.1) is 0 Å². The van der Waals surface area contributed by atoms with E-state index in [1.165, 1.54) is 0 Å². The van der Waals surface area contributed by atoms with Gasteiger partial charge in [0.25, 0.3) is 0 Å². The Hall–Kier alpha value is -1.10. The molecule has 124 valence electrons. The summed E-state index contributed by atoms with van der Waals surface area (Å²) < 4.78 is 0. The van der Waals surface area contributed by atoms with Gasteiger partial charge in [0.2, 0.25) is 0 Å². The molecule has 1 saturated heterocycles. The molecule has 1 aromatic carbocycles. The standard InChI is InChI=1S/C18H30N2O2/c1-4-11-20-12-9-18(22,10-13-20)17(14-19(2)3)15-5-7-16(21)8-6-15/h5-8,17,21-22H,4,9-14H2,1-3H3. The molecule has 0 saturated carbocycles. The lowest BCUT2D eigenvalue weighted by Gasteiger charge is -2.44. The summed E-state index contributed by atoms with van der Waals surface area (Å²) in [6.45, 7) is 6.06. The zero-order valence-corrected chi connectivity index (χ0v) is 14.1. The van der Waals surface area contributed by atoms with E-state index < -0.39 is 5.60 Å². The third-order valence-electron chi connectivity index (χ3n) is 4.75. The maximum Gasteiger partial charge on any atom is 0.115 e. The Kier molecular flexibility index (Phi) is 5.84. The fourth-order valence-electron chi connectivity index (χ4n) is 3.49. The van der Waals surface area contributed by atoms with E-state index >= 15 is 0 Å². The Balaban J connectivity index is 2.16. The number of aromatic hydroxyl groups is 1. The minimum absolute atomic E-state index is 0.0758. The molecule has 0 radical (unpaired) electrons. The van der Waals surface area contributed by atoms with Crippen LogP contribution in [0.4, 0.5) is 0 Å². The van der Waals surface area contributed by atoms with Crippen LogP contribution in [0.5, 0.6) is 5.75 Å². The second-order valence-electron chi connectivity index (χ2n) is 6.85. The van der Waals surface area contributed by atoms with Crippen molar-refractivity contribution in [1.82, 2.24) is 9.80 Å². The highest BCUT2D eigenvalue weighted by Gasteiger charge is 2.40. The van der Waals surface area contributed by atoms with Crippen LogP contribution in [0.25, 0.3) is 0 Å². The monoisotopic (exact) mass is 306 g/mol. The molecule has 0 spiro atoms. The topological polar surface area (TPSA) is 46.9 Å². The number of rotatable bonds is 6. The largest absolute Gasteiger partial charge is 0.508 e. The lowest BCUT2D eigenvalue weighted by Crippen LogP contribution is -2.50. The predicted molar refractivity (Wildman–Crippen MR) is 90.3 cm³/mol. The SMILES string of the molecule is CCCN1CCC(O)(C(CN(C)C)c2ccc(O)cc2)CC1.